The zero-order chi connectivity index (χ0) is 27.2. The van der Waals surface area contributed by atoms with Gasteiger partial charge in [-0.25, -0.2) is 9.78 Å². The van der Waals surface area contributed by atoms with Crippen molar-refractivity contribution in [3.8, 4) is 5.88 Å². The summed E-state index contributed by atoms with van der Waals surface area (Å²) in [6, 6.07) is 5.83. The van der Waals surface area contributed by atoms with Crippen molar-refractivity contribution < 1.29 is 19.1 Å². The third-order valence-corrected chi connectivity index (χ3v) is 6.38. The van der Waals surface area contributed by atoms with Crippen molar-refractivity contribution in [3.63, 3.8) is 0 Å². The number of amides is 2. The van der Waals surface area contributed by atoms with Gasteiger partial charge in [-0.3, -0.25) is 9.20 Å². The third kappa shape index (κ3) is 4.96. The molecule has 11 nitrogen and oxygen atoms in total. The minimum Gasteiger partial charge on any atom is -0.478 e. The number of anilines is 2. The van der Waals surface area contributed by atoms with Gasteiger partial charge in [0.25, 0.3) is 11.8 Å². The number of carbonyl (C=O) groups excluding carboxylic acids is 2. The van der Waals surface area contributed by atoms with Crippen LogP contribution in [-0.4, -0.2) is 75.1 Å². The number of aromatic amines is 1. The van der Waals surface area contributed by atoms with Gasteiger partial charge >= 0.3 is 6.09 Å². The molecule has 0 aliphatic carbocycles. The van der Waals surface area contributed by atoms with Gasteiger partial charge in [0.1, 0.15) is 5.60 Å². The maximum Gasteiger partial charge on any atom is 0.410 e. The molecule has 4 aromatic rings. The second kappa shape index (κ2) is 9.55. The van der Waals surface area contributed by atoms with E-state index in [0.717, 1.165) is 28.0 Å². The minimum atomic E-state index is -0.524. The Balaban J connectivity index is 1.38. The van der Waals surface area contributed by atoms with E-state index in [9.17, 15) is 9.59 Å². The summed E-state index contributed by atoms with van der Waals surface area (Å²) in [4.78, 5) is 42.0. The van der Waals surface area contributed by atoms with E-state index in [2.05, 4.69) is 25.2 Å². The number of hydrogen-bond acceptors (Lipinski definition) is 7. The Bertz CT molecular complexity index is 1520. The number of carbonyl (C=O) groups is 2. The van der Waals surface area contributed by atoms with Crippen LogP contribution in [0.1, 0.15) is 42.5 Å². The highest BCUT2D eigenvalue weighted by molar-refractivity contribution is 6.14. The van der Waals surface area contributed by atoms with Crippen LogP contribution in [0.15, 0.2) is 30.6 Å². The van der Waals surface area contributed by atoms with Crippen LogP contribution in [0.25, 0.3) is 16.6 Å². The summed E-state index contributed by atoms with van der Waals surface area (Å²) in [6.45, 7) is 11.9. The first-order valence-corrected chi connectivity index (χ1v) is 12.6. The van der Waals surface area contributed by atoms with Crippen molar-refractivity contribution in [2.45, 2.75) is 40.2 Å². The largest absolute Gasteiger partial charge is 0.478 e. The van der Waals surface area contributed by atoms with Gasteiger partial charge in [0.05, 0.1) is 30.1 Å². The summed E-state index contributed by atoms with van der Waals surface area (Å²) < 4.78 is 12.7. The SMILES string of the molecule is COc1nc(NC(=O)c2ccc(N3CCN(C(=O)OC(C)(C)C)CC3)c3cc(C)[nH]c23)cn2cc(C)nc12. The van der Waals surface area contributed by atoms with Crippen molar-refractivity contribution >= 4 is 40.1 Å². The minimum absolute atomic E-state index is 0.288. The quantitative estimate of drug-likeness (QED) is 0.416. The van der Waals surface area contributed by atoms with E-state index in [-0.39, 0.29) is 12.0 Å². The first-order valence-electron chi connectivity index (χ1n) is 12.6. The van der Waals surface area contributed by atoms with Crippen LogP contribution in [0.2, 0.25) is 0 Å². The van der Waals surface area contributed by atoms with Gasteiger partial charge in [0, 0.05) is 49.1 Å². The highest BCUT2D eigenvalue weighted by Gasteiger charge is 2.27. The number of nitrogens with zero attached hydrogens (tertiary/aromatic N) is 5. The van der Waals surface area contributed by atoms with Gasteiger partial charge in [-0.1, -0.05) is 0 Å². The van der Waals surface area contributed by atoms with Crippen LogP contribution in [0.4, 0.5) is 16.3 Å². The molecule has 0 atom stereocenters. The molecule has 38 heavy (non-hydrogen) atoms. The van der Waals surface area contributed by atoms with Crippen LogP contribution in [-0.2, 0) is 4.74 Å². The van der Waals surface area contributed by atoms with E-state index in [1.807, 2.05) is 59.0 Å². The Morgan fingerprint density at radius 2 is 1.79 bits per heavy atom. The molecule has 2 amide bonds. The van der Waals surface area contributed by atoms with E-state index in [4.69, 9.17) is 9.47 Å². The van der Waals surface area contributed by atoms with E-state index < -0.39 is 5.60 Å². The van der Waals surface area contributed by atoms with Crippen LogP contribution < -0.4 is 15.0 Å². The lowest BCUT2D eigenvalue weighted by molar-refractivity contribution is 0.0240. The molecule has 0 spiro atoms. The fraction of sp³-hybridized carbons (Fsp3) is 0.407. The number of aromatic nitrogens is 4. The molecule has 2 N–H and O–H groups in total. The second-order valence-electron chi connectivity index (χ2n) is 10.5. The Hall–Kier alpha value is -4.28. The van der Waals surface area contributed by atoms with Gasteiger partial charge in [0.15, 0.2) is 5.82 Å². The van der Waals surface area contributed by atoms with Gasteiger partial charge < -0.3 is 29.6 Å². The first kappa shape index (κ1) is 25.4. The number of fused-ring (bicyclic) bond motifs is 2. The molecule has 0 unspecified atom stereocenters. The summed E-state index contributed by atoms with van der Waals surface area (Å²) in [5.41, 5.74) is 4.10. The summed E-state index contributed by atoms with van der Waals surface area (Å²) in [6.07, 6.45) is 3.27. The first-order chi connectivity index (χ1) is 18.0. The molecule has 11 heteroatoms. The molecular weight excluding hydrogens is 486 g/mol. The van der Waals surface area contributed by atoms with Crippen LogP contribution >= 0.6 is 0 Å². The van der Waals surface area contributed by atoms with Gasteiger partial charge in [-0.15, -0.1) is 0 Å². The molecule has 3 aromatic heterocycles. The predicted molar refractivity (Wildman–Crippen MR) is 145 cm³/mol. The second-order valence-corrected chi connectivity index (χ2v) is 10.5. The number of ether oxygens (including phenoxy) is 2. The molecule has 1 fully saturated rings. The molecule has 1 aliphatic heterocycles. The van der Waals surface area contributed by atoms with E-state index in [1.54, 1.807) is 15.5 Å². The smallest absolute Gasteiger partial charge is 0.410 e. The van der Waals surface area contributed by atoms with Crippen LogP contribution in [0.3, 0.4) is 0 Å². The monoisotopic (exact) mass is 519 g/mol. The number of benzene rings is 1. The Morgan fingerprint density at radius 3 is 2.47 bits per heavy atom. The predicted octanol–water partition coefficient (Wildman–Crippen LogP) is 4.15. The molecular formula is C27H33N7O4. The number of H-pyrrole nitrogens is 1. The van der Waals surface area contributed by atoms with Crippen molar-refractivity contribution in [2.75, 3.05) is 43.5 Å². The highest BCUT2D eigenvalue weighted by Crippen LogP contribution is 2.32. The number of piperazine rings is 1. The van der Waals surface area contributed by atoms with Gasteiger partial charge in [-0.2, -0.15) is 4.98 Å². The Kier molecular flexibility index (Phi) is 6.38. The lowest BCUT2D eigenvalue weighted by Crippen LogP contribution is -2.50. The van der Waals surface area contributed by atoms with Crippen molar-refractivity contribution in [1.29, 1.82) is 0 Å². The Labute approximate surface area is 220 Å². The molecule has 0 saturated carbocycles. The number of hydrogen-bond donors (Lipinski definition) is 2. The van der Waals surface area contributed by atoms with E-state index in [0.29, 0.717) is 49.1 Å². The van der Waals surface area contributed by atoms with Crippen LogP contribution in [0.5, 0.6) is 5.88 Å². The zero-order valence-corrected chi connectivity index (χ0v) is 22.6. The lowest BCUT2D eigenvalue weighted by atomic mass is 10.1. The number of rotatable bonds is 4. The zero-order valence-electron chi connectivity index (χ0n) is 22.6. The molecule has 0 radical (unpaired) electrons. The maximum atomic E-state index is 13.4. The maximum absolute atomic E-state index is 13.4. The van der Waals surface area contributed by atoms with Crippen molar-refractivity contribution in [2.24, 2.45) is 0 Å². The van der Waals surface area contributed by atoms with E-state index >= 15 is 0 Å². The van der Waals surface area contributed by atoms with Gasteiger partial charge in [-0.05, 0) is 52.8 Å². The molecule has 5 rings (SSSR count). The van der Waals surface area contributed by atoms with Crippen molar-refractivity contribution in [1.82, 2.24) is 24.3 Å². The summed E-state index contributed by atoms with van der Waals surface area (Å²) in [5, 5.41) is 3.85. The number of nitrogens with one attached hydrogen (secondary N) is 2. The molecule has 1 saturated heterocycles. The molecule has 1 aliphatic rings. The van der Waals surface area contributed by atoms with Crippen LogP contribution in [0, 0.1) is 13.8 Å². The average Bonchev–Trinajstić information content (AvgIpc) is 3.43. The summed E-state index contributed by atoms with van der Waals surface area (Å²) >= 11 is 0. The molecule has 1 aromatic carbocycles. The lowest BCUT2D eigenvalue weighted by Gasteiger charge is -2.37. The number of aryl methyl sites for hydroxylation is 2. The molecule has 200 valence electrons. The average molecular weight is 520 g/mol. The van der Waals surface area contributed by atoms with E-state index in [1.165, 1.54) is 7.11 Å². The highest BCUT2D eigenvalue weighted by atomic mass is 16.6. The molecule has 0 bridgehead atoms. The molecule has 4 heterocycles. The summed E-state index contributed by atoms with van der Waals surface area (Å²) in [5.74, 6) is 0.400. The fourth-order valence-corrected chi connectivity index (χ4v) is 4.73. The Morgan fingerprint density at radius 1 is 1.05 bits per heavy atom. The standard InChI is InChI=1S/C27H33N7O4/c1-16-13-19-20(32-9-11-33(12-10-32)26(36)38-27(3,4)5)8-7-18(22(19)28-16)24(35)30-21-15-34-14-17(2)29-23(34)25(31-21)37-6/h7-8,13-15,28H,9-12H2,1-6H3,(H,30,35). The number of imidazole rings is 1. The van der Waals surface area contributed by atoms with Gasteiger partial charge in [0.2, 0.25) is 5.65 Å². The third-order valence-electron chi connectivity index (χ3n) is 6.38. The number of methoxy groups -OCH3 is 1. The fourth-order valence-electron chi connectivity index (χ4n) is 4.73. The summed E-state index contributed by atoms with van der Waals surface area (Å²) in [7, 11) is 1.52. The topological polar surface area (TPSA) is 117 Å². The normalized spacial score (nSPS) is 14.3. The van der Waals surface area contributed by atoms with Crippen molar-refractivity contribution in [3.05, 3.63) is 47.5 Å².